The first-order chi connectivity index (χ1) is 12.2. The number of hydrogen-bond acceptors (Lipinski definition) is 2. The Morgan fingerprint density at radius 3 is 2.77 bits per heavy atom. The van der Waals surface area contributed by atoms with Crippen LogP contribution < -0.4 is 0 Å². The van der Waals surface area contributed by atoms with Crippen LogP contribution in [0.1, 0.15) is 31.9 Å². The van der Waals surface area contributed by atoms with Gasteiger partial charge in [0.1, 0.15) is 0 Å². The van der Waals surface area contributed by atoms with Crippen molar-refractivity contribution in [3.63, 3.8) is 0 Å². The third-order valence-electron chi connectivity index (χ3n) is 6.80. The van der Waals surface area contributed by atoms with Crippen LogP contribution in [0.2, 0.25) is 18.1 Å². The van der Waals surface area contributed by atoms with Gasteiger partial charge in [0.15, 0.2) is 8.32 Å². The van der Waals surface area contributed by atoms with Gasteiger partial charge in [-0.15, -0.1) is 0 Å². The molecule has 2 heterocycles. The van der Waals surface area contributed by atoms with Gasteiger partial charge in [-0.1, -0.05) is 39.0 Å². The molecule has 0 bridgehead atoms. The van der Waals surface area contributed by atoms with E-state index in [2.05, 4.69) is 81.3 Å². The molecule has 26 heavy (non-hydrogen) atoms. The van der Waals surface area contributed by atoms with Crippen LogP contribution in [0.3, 0.4) is 0 Å². The van der Waals surface area contributed by atoms with Crippen molar-refractivity contribution in [2.45, 2.75) is 51.4 Å². The monoisotopic (exact) mass is 368 g/mol. The van der Waals surface area contributed by atoms with Gasteiger partial charge in [0, 0.05) is 42.2 Å². The molecule has 2 aromatic rings. The molecule has 0 fully saturated rings. The molecule has 1 aromatic carbocycles. The summed E-state index contributed by atoms with van der Waals surface area (Å²) in [6.07, 6.45) is 5.82. The van der Waals surface area contributed by atoms with Gasteiger partial charge in [0.25, 0.3) is 0 Å². The second kappa shape index (κ2) is 6.08. The highest BCUT2D eigenvalue weighted by Gasteiger charge is 2.39. The van der Waals surface area contributed by atoms with E-state index < -0.39 is 8.32 Å². The summed E-state index contributed by atoms with van der Waals surface area (Å²) in [6, 6.07) is 7.15. The predicted octanol–water partition coefficient (Wildman–Crippen LogP) is 5.06. The molecule has 0 amide bonds. The molecule has 3 nitrogen and oxygen atoms in total. The Bertz CT molecular complexity index is 859. The first-order valence-corrected chi connectivity index (χ1v) is 12.7. The highest BCUT2D eigenvalue weighted by molar-refractivity contribution is 6.74. The average Bonchev–Trinajstić information content (AvgIpc) is 2.98. The number of aromatic nitrogens is 1. The Hall–Kier alpha value is -1.36. The highest BCUT2D eigenvalue weighted by atomic mass is 28.4. The van der Waals surface area contributed by atoms with Gasteiger partial charge in [0.05, 0.1) is 0 Å². The number of aromatic amines is 1. The van der Waals surface area contributed by atoms with Crippen LogP contribution in [0, 0.1) is 5.92 Å². The molecule has 140 valence electrons. The van der Waals surface area contributed by atoms with Crippen molar-refractivity contribution in [3.05, 3.63) is 41.6 Å². The summed E-state index contributed by atoms with van der Waals surface area (Å²) in [5, 5.41) is 1.69. The molecule has 0 unspecified atom stereocenters. The van der Waals surface area contributed by atoms with E-state index in [1.165, 1.54) is 27.6 Å². The number of nitrogens with zero attached hydrogens (tertiary/aromatic N) is 1. The third-order valence-corrected chi connectivity index (χ3v) is 11.3. The van der Waals surface area contributed by atoms with Gasteiger partial charge in [-0.3, -0.25) is 4.90 Å². The zero-order valence-corrected chi connectivity index (χ0v) is 18.0. The normalized spacial score (nSPS) is 23.8. The van der Waals surface area contributed by atoms with Crippen LogP contribution in [-0.2, 0) is 10.8 Å². The minimum absolute atomic E-state index is 0.264. The second-order valence-corrected chi connectivity index (χ2v) is 14.5. The van der Waals surface area contributed by atoms with Crippen LogP contribution >= 0.6 is 0 Å². The molecular formula is C22H32N2OSi. The number of rotatable bonds is 3. The summed E-state index contributed by atoms with van der Waals surface area (Å²) in [4.78, 5) is 5.98. The van der Waals surface area contributed by atoms with E-state index in [0.717, 1.165) is 19.6 Å². The van der Waals surface area contributed by atoms with Gasteiger partial charge >= 0.3 is 0 Å². The lowest BCUT2D eigenvalue weighted by atomic mass is 9.80. The summed E-state index contributed by atoms with van der Waals surface area (Å²) >= 11 is 0. The quantitative estimate of drug-likeness (QED) is 0.767. The molecule has 0 radical (unpaired) electrons. The first kappa shape index (κ1) is 18.0. The maximum absolute atomic E-state index is 6.55. The minimum Gasteiger partial charge on any atom is -0.416 e. The molecule has 4 heteroatoms. The van der Waals surface area contributed by atoms with Crippen LogP contribution in [0.5, 0.6) is 0 Å². The van der Waals surface area contributed by atoms with Crippen molar-refractivity contribution in [2.24, 2.45) is 5.92 Å². The van der Waals surface area contributed by atoms with E-state index in [1.807, 2.05) is 0 Å². The Labute approximate surface area is 158 Å². The minimum atomic E-state index is -1.70. The molecule has 0 saturated heterocycles. The molecule has 2 aliphatic rings. The molecule has 1 N–H and O–H groups in total. The van der Waals surface area contributed by atoms with Gasteiger partial charge in [0.2, 0.25) is 0 Å². The molecule has 1 aromatic heterocycles. The maximum atomic E-state index is 6.55. The van der Waals surface area contributed by atoms with Crippen molar-refractivity contribution in [3.8, 4) is 0 Å². The van der Waals surface area contributed by atoms with Gasteiger partial charge in [-0.2, -0.15) is 0 Å². The highest BCUT2D eigenvalue weighted by Crippen LogP contribution is 2.41. The average molecular weight is 369 g/mol. The van der Waals surface area contributed by atoms with Crippen LogP contribution in [-0.4, -0.2) is 44.4 Å². The summed E-state index contributed by atoms with van der Waals surface area (Å²) in [5.74, 6) is 0.469. The van der Waals surface area contributed by atoms with E-state index in [9.17, 15) is 0 Å². The largest absolute Gasteiger partial charge is 0.416 e. The Morgan fingerprint density at radius 1 is 1.27 bits per heavy atom. The first-order valence-electron chi connectivity index (χ1n) is 9.82. The van der Waals surface area contributed by atoms with Crippen molar-refractivity contribution < 1.29 is 4.43 Å². The maximum Gasteiger partial charge on any atom is 0.192 e. The van der Waals surface area contributed by atoms with Crippen molar-refractivity contribution in [1.82, 2.24) is 9.88 Å². The van der Waals surface area contributed by atoms with Crippen LogP contribution in [0.25, 0.3) is 16.5 Å². The predicted molar refractivity (Wildman–Crippen MR) is 113 cm³/mol. The summed E-state index contributed by atoms with van der Waals surface area (Å²) < 4.78 is 6.55. The lowest BCUT2D eigenvalue weighted by Crippen LogP contribution is -2.46. The number of fused-ring (bicyclic) bond motifs is 2. The lowest BCUT2D eigenvalue weighted by molar-refractivity contribution is 0.184. The Morgan fingerprint density at radius 2 is 2.04 bits per heavy atom. The smallest absolute Gasteiger partial charge is 0.192 e. The molecule has 4 rings (SSSR count). The van der Waals surface area contributed by atoms with E-state index >= 15 is 0 Å². The molecule has 1 aliphatic carbocycles. The zero-order valence-electron chi connectivity index (χ0n) is 17.0. The number of hydrogen-bond donors (Lipinski definition) is 1. The molecule has 0 saturated carbocycles. The van der Waals surface area contributed by atoms with Gasteiger partial charge < -0.3 is 9.41 Å². The third kappa shape index (κ3) is 2.88. The second-order valence-electron chi connectivity index (χ2n) is 9.65. The molecule has 2 atom stereocenters. The lowest BCUT2D eigenvalue weighted by Gasteiger charge is -2.42. The zero-order chi connectivity index (χ0) is 18.7. The van der Waals surface area contributed by atoms with Crippen LogP contribution in [0.15, 0.2) is 30.5 Å². The molecule has 0 spiro atoms. The molecule has 1 aliphatic heterocycles. The van der Waals surface area contributed by atoms with E-state index in [0.29, 0.717) is 12.0 Å². The van der Waals surface area contributed by atoms with E-state index in [4.69, 9.17) is 4.43 Å². The summed E-state index contributed by atoms with van der Waals surface area (Å²) in [5.41, 5.74) is 5.64. The number of likely N-dealkylation sites (N-methyl/N-ethyl adjacent to an activating group) is 1. The molecular weight excluding hydrogens is 336 g/mol. The fourth-order valence-electron chi connectivity index (χ4n) is 4.19. The van der Waals surface area contributed by atoms with Gasteiger partial charge in [-0.05, 0) is 54.4 Å². The fourth-order valence-corrected chi connectivity index (χ4v) is 5.25. The Kier molecular flexibility index (Phi) is 4.21. The topological polar surface area (TPSA) is 28.3 Å². The van der Waals surface area contributed by atoms with Crippen molar-refractivity contribution in [2.75, 3.05) is 20.2 Å². The fraction of sp³-hybridized carbons (Fsp3) is 0.545. The van der Waals surface area contributed by atoms with Crippen LogP contribution in [0.4, 0.5) is 0 Å². The van der Waals surface area contributed by atoms with Crippen molar-refractivity contribution >= 4 is 24.8 Å². The SMILES string of the molecule is CN1C[C@H](CO[Si](C)(C)C(C)(C)C)C=C2c3cccc4[nH]cc(c34)C[C@H]21. The van der Waals surface area contributed by atoms with E-state index in [1.54, 1.807) is 0 Å². The van der Waals surface area contributed by atoms with Gasteiger partial charge in [-0.25, -0.2) is 0 Å². The number of benzene rings is 1. The summed E-state index contributed by atoms with van der Waals surface area (Å²) in [6.45, 7) is 13.6. The standard InChI is InChI=1S/C22H32N2OSi/c1-22(2,3)26(5,6)25-14-15-10-18-17-8-7-9-19-21(17)16(12-23-19)11-20(18)24(4)13-15/h7-10,12,15,20,23H,11,13-14H2,1-6H3/t15-,20-/m1/s1. The van der Waals surface area contributed by atoms with Crippen molar-refractivity contribution in [1.29, 1.82) is 0 Å². The number of H-pyrrole nitrogens is 1. The van der Waals surface area contributed by atoms with E-state index in [-0.39, 0.29) is 5.04 Å². The Balaban J connectivity index is 1.64. The summed E-state index contributed by atoms with van der Waals surface area (Å²) in [7, 11) is 0.570. The number of nitrogens with one attached hydrogen (secondary N) is 1.